The minimum atomic E-state index is -4.50. The molecule has 0 spiro atoms. The van der Waals surface area contributed by atoms with E-state index < -0.39 is 17.3 Å². The predicted molar refractivity (Wildman–Crippen MR) is 67.7 cm³/mol. The highest BCUT2D eigenvalue weighted by Gasteiger charge is 2.30. The fourth-order valence-electron chi connectivity index (χ4n) is 1.61. The van der Waals surface area contributed by atoms with Crippen LogP contribution in [0.1, 0.15) is 11.1 Å². The molecule has 2 N–H and O–H groups in total. The van der Waals surface area contributed by atoms with Crippen LogP contribution < -0.4 is 11.3 Å². The summed E-state index contributed by atoms with van der Waals surface area (Å²) < 4.78 is 38.7. The van der Waals surface area contributed by atoms with Gasteiger partial charge in [-0.2, -0.15) is 23.0 Å². The van der Waals surface area contributed by atoms with Crippen LogP contribution in [0.2, 0.25) is 5.02 Å². The van der Waals surface area contributed by atoms with Gasteiger partial charge in [-0.25, -0.2) is 0 Å². The Labute approximate surface area is 116 Å². The average molecular weight is 304 g/mol. The highest BCUT2D eigenvalue weighted by molar-refractivity contribution is 6.31. The van der Waals surface area contributed by atoms with E-state index in [0.717, 1.165) is 16.8 Å². The van der Waals surface area contributed by atoms with Gasteiger partial charge in [0.05, 0.1) is 17.4 Å². The Hall–Kier alpha value is -1.86. The van der Waals surface area contributed by atoms with E-state index in [0.29, 0.717) is 5.56 Å². The van der Waals surface area contributed by atoms with Gasteiger partial charge in [-0.1, -0.05) is 17.7 Å². The molecule has 2 aromatic rings. The van der Waals surface area contributed by atoms with Crippen molar-refractivity contribution in [2.45, 2.75) is 12.7 Å². The van der Waals surface area contributed by atoms with Crippen LogP contribution in [0.25, 0.3) is 5.69 Å². The molecule has 0 aliphatic carbocycles. The summed E-state index contributed by atoms with van der Waals surface area (Å²) in [6, 6.07) is 4.26. The smallest absolute Gasteiger partial charge is 0.326 e. The van der Waals surface area contributed by atoms with Gasteiger partial charge in [0.25, 0.3) is 5.56 Å². The molecule has 1 aromatic heterocycles. The molecule has 0 amide bonds. The lowest BCUT2D eigenvalue weighted by Crippen LogP contribution is -2.23. The molecule has 0 fully saturated rings. The van der Waals surface area contributed by atoms with Crippen molar-refractivity contribution < 1.29 is 13.2 Å². The van der Waals surface area contributed by atoms with Crippen molar-refractivity contribution in [2.24, 2.45) is 5.73 Å². The Balaban J connectivity index is 2.58. The van der Waals surface area contributed by atoms with E-state index in [9.17, 15) is 18.0 Å². The van der Waals surface area contributed by atoms with Gasteiger partial charge in [-0.05, 0) is 18.2 Å². The van der Waals surface area contributed by atoms with Crippen molar-refractivity contribution >= 4 is 11.6 Å². The van der Waals surface area contributed by atoms with E-state index >= 15 is 0 Å². The highest BCUT2D eigenvalue weighted by atomic mass is 35.5. The summed E-state index contributed by atoms with van der Waals surface area (Å²) in [4.78, 5) is 11.9. The van der Waals surface area contributed by atoms with Gasteiger partial charge in [-0.15, -0.1) is 0 Å². The van der Waals surface area contributed by atoms with E-state index in [1.807, 2.05) is 0 Å². The maximum atomic E-state index is 12.6. The number of halogens is 4. The number of hydrogen-bond acceptors (Lipinski definition) is 3. The van der Waals surface area contributed by atoms with Gasteiger partial charge >= 0.3 is 6.18 Å². The number of nitrogens with zero attached hydrogens (tertiary/aromatic N) is 2. The van der Waals surface area contributed by atoms with Gasteiger partial charge in [-0.3, -0.25) is 4.79 Å². The first-order valence-electron chi connectivity index (χ1n) is 5.49. The first kappa shape index (κ1) is 14.5. The second kappa shape index (κ2) is 5.26. The summed E-state index contributed by atoms with van der Waals surface area (Å²) in [6.07, 6.45) is -3.25. The molecule has 0 aliphatic heterocycles. The molecule has 4 nitrogen and oxygen atoms in total. The average Bonchev–Trinajstić information content (AvgIpc) is 2.41. The van der Waals surface area contributed by atoms with Crippen LogP contribution >= 0.6 is 11.6 Å². The molecule has 0 radical (unpaired) electrons. The third-order valence-electron chi connectivity index (χ3n) is 2.63. The fourth-order valence-corrected chi connectivity index (χ4v) is 1.81. The summed E-state index contributed by atoms with van der Waals surface area (Å²) in [5.41, 5.74) is 4.10. The van der Waals surface area contributed by atoms with Crippen molar-refractivity contribution in [2.75, 3.05) is 0 Å². The quantitative estimate of drug-likeness (QED) is 0.926. The molecule has 0 saturated carbocycles. The van der Waals surface area contributed by atoms with Crippen molar-refractivity contribution in [1.82, 2.24) is 9.78 Å². The summed E-state index contributed by atoms with van der Waals surface area (Å²) in [5.74, 6) is 0. The lowest BCUT2D eigenvalue weighted by molar-refractivity contribution is -0.137. The molecule has 2 rings (SSSR count). The molecule has 0 unspecified atom stereocenters. The van der Waals surface area contributed by atoms with E-state index in [2.05, 4.69) is 5.10 Å². The van der Waals surface area contributed by atoms with Crippen LogP contribution in [0.3, 0.4) is 0 Å². The van der Waals surface area contributed by atoms with Gasteiger partial charge in [0.2, 0.25) is 0 Å². The molecule has 1 aromatic carbocycles. The molecular weight excluding hydrogens is 295 g/mol. The van der Waals surface area contributed by atoms with Gasteiger partial charge in [0.15, 0.2) is 0 Å². The Morgan fingerprint density at radius 2 is 2.05 bits per heavy atom. The number of aromatic nitrogens is 2. The van der Waals surface area contributed by atoms with Crippen molar-refractivity contribution in [1.29, 1.82) is 0 Å². The van der Waals surface area contributed by atoms with E-state index in [1.165, 1.54) is 18.3 Å². The van der Waals surface area contributed by atoms with E-state index in [1.54, 1.807) is 0 Å². The number of benzene rings is 1. The van der Waals surface area contributed by atoms with Gasteiger partial charge in [0, 0.05) is 12.1 Å². The van der Waals surface area contributed by atoms with Crippen molar-refractivity contribution in [3.63, 3.8) is 0 Å². The Kier molecular flexibility index (Phi) is 3.82. The van der Waals surface area contributed by atoms with Crippen LogP contribution in [0, 0.1) is 0 Å². The SMILES string of the molecule is NCc1cnn(-c2cccc(C(F)(F)F)c2)c(=O)c1Cl. The zero-order valence-corrected chi connectivity index (χ0v) is 10.7. The molecule has 0 bridgehead atoms. The molecule has 0 aliphatic rings. The molecule has 8 heteroatoms. The van der Waals surface area contributed by atoms with Crippen LogP contribution in [0.4, 0.5) is 13.2 Å². The molecule has 0 atom stereocenters. The predicted octanol–water partition coefficient (Wildman–Crippen LogP) is 2.36. The van der Waals surface area contributed by atoms with Crippen LogP contribution in [0.5, 0.6) is 0 Å². The minimum absolute atomic E-state index is 0.0182. The highest BCUT2D eigenvalue weighted by Crippen LogP contribution is 2.30. The normalized spacial score (nSPS) is 11.7. The first-order chi connectivity index (χ1) is 9.34. The largest absolute Gasteiger partial charge is 0.416 e. The van der Waals surface area contributed by atoms with Crippen molar-refractivity contribution in [3.8, 4) is 5.69 Å². The Morgan fingerprint density at radius 3 is 2.65 bits per heavy atom. The van der Waals surface area contributed by atoms with Gasteiger partial charge in [0.1, 0.15) is 5.02 Å². The second-order valence-corrected chi connectivity index (χ2v) is 4.33. The minimum Gasteiger partial charge on any atom is -0.326 e. The molecule has 106 valence electrons. The monoisotopic (exact) mass is 303 g/mol. The summed E-state index contributed by atoms with van der Waals surface area (Å²) in [7, 11) is 0. The number of rotatable bonds is 2. The topological polar surface area (TPSA) is 60.9 Å². The lowest BCUT2D eigenvalue weighted by Gasteiger charge is -2.10. The van der Waals surface area contributed by atoms with E-state index in [4.69, 9.17) is 17.3 Å². The third kappa shape index (κ3) is 2.68. The third-order valence-corrected chi connectivity index (χ3v) is 3.03. The summed E-state index contributed by atoms with van der Waals surface area (Å²) >= 11 is 5.80. The number of hydrogen-bond donors (Lipinski definition) is 1. The Bertz CT molecular complexity index is 697. The first-order valence-corrected chi connectivity index (χ1v) is 5.87. The molecule has 0 saturated heterocycles. The van der Waals surface area contributed by atoms with Crippen LogP contribution in [-0.4, -0.2) is 9.78 Å². The van der Waals surface area contributed by atoms with Crippen LogP contribution in [-0.2, 0) is 12.7 Å². The number of nitrogens with two attached hydrogens (primary N) is 1. The Morgan fingerprint density at radius 1 is 1.35 bits per heavy atom. The second-order valence-electron chi connectivity index (χ2n) is 3.95. The lowest BCUT2D eigenvalue weighted by atomic mass is 10.2. The van der Waals surface area contributed by atoms with Crippen molar-refractivity contribution in [3.05, 3.63) is 57.0 Å². The maximum absolute atomic E-state index is 12.6. The summed E-state index contributed by atoms with van der Waals surface area (Å²) in [6.45, 7) is 0.0184. The molecule has 20 heavy (non-hydrogen) atoms. The maximum Gasteiger partial charge on any atom is 0.416 e. The standard InChI is InChI=1S/C12H9ClF3N3O/c13-10-7(5-17)6-18-19(11(10)20)9-3-1-2-8(4-9)12(14,15)16/h1-4,6H,5,17H2. The molecular formula is C12H9ClF3N3O. The fraction of sp³-hybridized carbons (Fsp3) is 0.167. The molecule has 1 heterocycles. The van der Waals surface area contributed by atoms with Gasteiger partial charge < -0.3 is 5.73 Å². The summed E-state index contributed by atoms with van der Waals surface area (Å²) in [5, 5.41) is 3.62. The zero-order chi connectivity index (χ0) is 14.9. The number of alkyl halides is 3. The van der Waals surface area contributed by atoms with Crippen LogP contribution in [0.15, 0.2) is 35.3 Å². The zero-order valence-electron chi connectivity index (χ0n) is 9.99. The van der Waals surface area contributed by atoms with E-state index in [-0.39, 0.29) is 17.3 Å².